The summed E-state index contributed by atoms with van der Waals surface area (Å²) in [6.45, 7) is 4.73. The SMILES string of the molecule is CCCCOc1ccc(NC(=O)N(C)CC(=O)OCC)cc1. The molecule has 0 radical (unpaired) electrons. The second-order valence-electron chi connectivity index (χ2n) is 4.82. The smallest absolute Gasteiger partial charge is 0.325 e. The fourth-order valence-electron chi connectivity index (χ4n) is 1.66. The highest BCUT2D eigenvalue weighted by Gasteiger charge is 2.13. The summed E-state index contributed by atoms with van der Waals surface area (Å²) < 4.78 is 10.3. The van der Waals surface area contributed by atoms with Crippen LogP contribution < -0.4 is 10.1 Å². The number of likely N-dealkylation sites (N-methyl/N-ethyl adjacent to an activating group) is 1. The van der Waals surface area contributed by atoms with Gasteiger partial charge < -0.3 is 19.7 Å². The maximum absolute atomic E-state index is 11.9. The van der Waals surface area contributed by atoms with Gasteiger partial charge in [0.25, 0.3) is 0 Å². The standard InChI is InChI=1S/C16H24N2O4/c1-4-6-11-22-14-9-7-13(8-10-14)17-16(20)18(3)12-15(19)21-5-2/h7-10H,4-6,11-12H2,1-3H3,(H,17,20). The summed E-state index contributed by atoms with van der Waals surface area (Å²) in [7, 11) is 1.54. The van der Waals surface area contributed by atoms with E-state index in [1.54, 1.807) is 31.2 Å². The molecule has 6 nitrogen and oxygen atoms in total. The van der Waals surface area contributed by atoms with Gasteiger partial charge in [-0.15, -0.1) is 0 Å². The molecule has 22 heavy (non-hydrogen) atoms. The highest BCUT2D eigenvalue weighted by molar-refractivity contribution is 5.91. The Bertz CT molecular complexity index is 474. The summed E-state index contributed by atoms with van der Waals surface area (Å²) in [5.74, 6) is 0.339. The van der Waals surface area contributed by atoms with Crippen LogP contribution in [0.15, 0.2) is 24.3 Å². The average Bonchev–Trinajstić information content (AvgIpc) is 2.49. The van der Waals surface area contributed by atoms with Gasteiger partial charge in [-0.25, -0.2) is 4.79 Å². The largest absolute Gasteiger partial charge is 0.494 e. The molecule has 0 aliphatic carbocycles. The van der Waals surface area contributed by atoms with Crippen LogP contribution in [0.1, 0.15) is 26.7 Å². The maximum Gasteiger partial charge on any atom is 0.325 e. The van der Waals surface area contributed by atoms with E-state index < -0.39 is 5.97 Å². The molecule has 1 rings (SSSR count). The molecule has 0 bridgehead atoms. The van der Waals surface area contributed by atoms with Crippen molar-refractivity contribution >= 4 is 17.7 Å². The molecule has 1 N–H and O–H groups in total. The molecule has 2 amide bonds. The Kier molecular flexibility index (Phi) is 7.81. The number of esters is 1. The van der Waals surface area contributed by atoms with Gasteiger partial charge in [-0.3, -0.25) is 4.79 Å². The van der Waals surface area contributed by atoms with Crippen molar-refractivity contribution in [2.45, 2.75) is 26.7 Å². The van der Waals surface area contributed by atoms with E-state index >= 15 is 0 Å². The summed E-state index contributed by atoms with van der Waals surface area (Å²) in [6, 6.07) is 6.76. The number of anilines is 1. The van der Waals surface area contributed by atoms with Gasteiger partial charge in [0.1, 0.15) is 12.3 Å². The third-order valence-corrected chi connectivity index (χ3v) is 2.89. The van der Waals surface area contributed by atoms with Crippen LogP contribution >= 0.6 is 0 Å². The fraction of sp³-hybridized carbons (Fsp3) is 0.500. The van der Waals surface area contributed by atoms with Crippen molar-refractivity contribution in [3.63, 3.8) is 0 Å². The summed E-state index contributed by atoms with van der Waals surface area (Å²) >= 11 is 0. The van der Waals surface area contributed by atoms with Crippen molar-refractivity contribution in [3.8, 4) is 5.75 Å². The minimum Gasteiger partial charge on any atom is -0.494 e. The first-order chi connectivity index (χ1) is 10.6. The molecule has 1 aromatic carbocycles. The lowest BCUT2D eigenvalue weighted by Gasteiger charge is -2.17. The van der Waals surface area contributed by atoms with Gasteiger partial charge in [0, 0.05) is 12.7 Å². The minimum atomic E-state index is -0.431. The van der Waals surface area contributed by atoms with Crippen molar-refractivity contribution in [2.24, 2.45) is 0 Å². The molecule has 0 fully saturated rings. The van der Waals surface area contributed by atoms with Crippen molar-refractivity contribution in [1.82, 2.24) is 4.90 Å². The van der Waals surface area contributed by atoms with Gasteiger partial charge in [0.15, 0.2) is 0 Å². The van der Waals surface area contributed by atoms with Gasteiger partial charge >= 0.3 is 12.0 Å². The van der Waals surface area contributed by atoms with E-state index in [4.69, 9.17) is 9.47 Å². The second-order valence-corrected chi connectivity index (χ2v) is 4.82. The number of carbonyl (C=O) groups excluding carboxylic acids is 2. The normalized spacial score (nSPS) is 9.95. The van der Waals surface area contributed by atoms with Gasteiger partial charge in [-0.05, 0) is 37.6 Å². The molecular weight excluding hydrogens is 284 g/mol. The minimum absolute atomic E-state index is 0.0854. The second kappa shape index (κ2) is 9.65. The Hall–Kier alpha value is -2.24. The van der Waals surface area contributed by atoms with Crippen LogP contribution in [-0.2, 0) is 9.53 Å². The number of amides is 2. The highest BCUT2D eigenvalue weighted by atomic mass is 16.5. The van der Waals surface area contributed by atoms with E-state index in [1.165, 1.54) is 11.9 Å². The zero-order valence-corrected chi connectivity index (χ0v) is 13.4. The molecule has 0 aliphatic rings. The van der Waals surface area contributed by atoms with E-state index in [0.29, 0.717) is 18.9 Å². The predicted octanol–water partition coefficient (Wildman–Crippen LogP) is 2.89. The number of benzene rings is 1. The lowest BCUT2D eigenvalue weighted by molar-refractivity contribution is -0.143. The van der Waals surface area contributed by atoms with Crippen LogP contribution in [0.4, 0.5) is 10.5 Å². The summed E-state index contributed by atoms with van der Waals surface area (Å²) in [4.78, 5) is 24.5. The molecule has 0 spiro atoms. The lowest BCUT2D eigenvalue weighted by atomic mass is 10.3. The molecule has 0 aromatic heterocycles. The average molecular weight is 308 g/mol. The van der Waals surface area contributed by atoms with Crippen LogP contribution in [-0.4, -0.2) is 43.7 Å². The highest BCUT2D eigenvalue weighted by Crippen LogP contribution is 2.16. The lowest BCUT2D eigenvalue weighted by Crippen LogP contribution is -2.36. The van der Waals surface area contributed by atoms with Crippen LogP contribution in [0.3, 0.4) is 0 Å². The molecule has 0 saturated carbocycles. The maximum atomic E-state index is 11.9. The van der Waals surface area contributed by atoms with Crippen molar-refractivity contribution in [3.05, 3.63) is 24.3 Å². The Balaban J connectivity index is 2.45. The molecule has 0 aliphatic heterocycles. The molecule has 0 saturated heterocycles. The van der Waals surface area contributed by atoms with Crippen molar-refractivity contribution in [2.75, 3.05) is 32.1 Å². The molecule has 1 aromatic rings. The predicted molar refractivity (Wildman–Crippen MR) is 85.1 cm³/mol. The third kappa shape index (κ3) is 6.47. The third-order valence-electron chi connectivity index (χ3n) is 2.89. The number of nitrogens with zero attached hydrogens (tertiary/aromatic N) is 1. The summed E-state index contributed by atoms with van der Waals surface area (Å²) in [5.41, 5.74) is 0.642. The summed E-state index contributed by atoms with van der Waals surface area (Å²) in [5, 5.41) is 2.71. The fourth-order valence-corrected chi connectivity index (χ4v) is 1.66. The van der Waals surface area contributed by atoms with E-state index in [-0.39, 0.29) is 12.6 Å². The number of hydrogen-bond acceptors (Lipinski definition) is 4. The van der Waals surface area contributed by atoms with Gasteiger partial charge in [-0.1, -0.05) is 13.3 Å². The molecule has 6 heteroatoms. The topological polar surface area (TPSA) is 67.9 Å². The van der Waals surface area contributed by atoms with E-state index in [1.807, 2.05) is 0 Å². The number of urea groups is 1. The van der Waals surface area contributed by atoms with Crippen LogP contribution in [0.5, 0.6) is 5.75 Å². The first-order valence-electron chi connectivity index (χ1n) is 7.47. The summed E-state index contributed by atoms with van der Waals surface area (Å²) in [6.07, 6.45) is 2.10. The molecule has 122 valence electrons. The van der Waals surface area contributed by atoms with Crippen molar-refractivity contribution < 1.29 is 19.1 Å². The van der Waals surface area contributed by atoms with E-state index in [0.717, 1.165) is 18.6 Å². The molecule has 0 unspecified atom stereocenters. The zero-order valence-electron chi connectivity index (χ0n) is 13.4. The van der Waals surface area contributed by atoms with Crippen LogP contribution in [0, 0.1) is 0 Å². The monoisotopic (exact) mass is 308 g/mol. The van der Waals surface area contributed by atoms with Gasteiger partial charge in [0.05, 0.1) is 13.2 Å². The van der Waals surface area contributed by atoms with Gasteiger partial charge in [-0.2, -0.15) is 0 Å². The number of carbonyl (C=O) groups is 2. The Morgan fingerprint density at radius 1 is 1.18 bits per heavy atom. The van der Waals surface area contributed by atoms with Gasteiger partial charge in [0.2, 0.25) is 0 Å². The van der Waals surface area contributed by atoms with Crippen LogP contribution in [0.25, 0.3) is 0 Å². The van der Waals surface area contributed by atoms with E-state index in [2.05, 4.69) is 12.2 Å². The molecule has 0 heterocycles. The number of unbranched alkanes of at least 4 members (excludes halogenated alkanes) is 1. The number of rotatable bonds is 8. The number of hydrogen-bond donors (Lipinski definition) is 1. The molecular formula is C16H24N2O4. The quantitative estimate of drug-likeness (QED) is 0.592. The zero-order chi connectivity index (χ0) is 16.4. The number of nitrogens with one attached hydrogen (secondary N) is 1. The number of ether oxygens (including phenoxy) is 2. The Morgan fingerprint density at radius 3 is 2.45 bits per heavy atom. The van der Waals surface area contributed by atoms with Crippen LogP contribution in [0.2, 0.25) is 0 Å². The Morgan fingerprint density at radius 2 is 1.86 bits per heavy atom. The van der Waals surface area contributed by atoms with Crippen molar-refractivity contribution in [1.29, 1.82) is 0 Å². The molecule has 0 atom stereocenters. The first kappa shape index (κ1) is 17.8. The first-order valence-corrected chi connectivity index (χ1v) is 7.47. The van der Waals surface area contributed by atoms with E-state index in [9.17, 15) is 9.59 Å². The Labute approximate surface area is 131 Å².